The lowest BCUT2D eigenvalue weighted by Crippen LogP contribution is -2.32. The summed E-state index contributed by atoms with van der Waals surface area (Å²) >= 11 is 3.05. The number of aryl methyl sites for hydroxylation is 2. The Hall–Kier alpha value is -3.43. The van der Waals surface area contributed by atoms with Crippen LogP contribution in [0.4, 0.5) is 11.4 Å². The van der Waals surface area contributed by atoms with Gasteiger partial charge in [-0.05, 0) is 50.2 Å². The molecule has 0 atom stereocenters. The number of amides is 2. The summed E-state index contributed by atoms with van der Waals surface area (Å²) < 4.78 is 0. The van der Waals surface area contributed by atoms with Crippen LogP contribution in [0.25, 0.3) is 0 Å². The predicted molar refractivity (Wildman–Crippen MR) is 132 cm³/mol. The number of pyridine rings is 1. The van der Waals surface area contributed by atoms with Gasteiger partial charge >= 0.3 is 0 Å². The van der Waals surface area contributed by atoms with E-state index in [0.717, 1.165) is 32.8 Å². The Kier molecular flexibility index (Phi) is 7.21. The van der Waals surface area contributed by atoms with Crippen molar-refractivity contribution < 1.29 is 9.59 Å². The molecule has 4 aromatic rings. The molecule has 0 radical (unpaired) electrons. The minimum absolute atomic E-state index is 0.0679. The number of rotatable bonds is 8. The van der Waals surface area contributed by atoms with Crippen molar-refractivity contribution in [2.45, 2.75) is 33.2 Å². The first kappa shape index (κ1) is 22.8. The Labute approximate surface area is 200 Å². The average Bonchev–Trinajstić information content (AvgIpc) is 3.40. The predicted octanol–water partition coefficient (Wildman–Crippen LogP) is 4.57. The Morgan fingerprint density at radius 3 is 2.12 bits per heavy atom. The highest BCUT2D eigenvalue weighted by Crippen LogP contribution is 2.22. The summed E-state index contributed by atoms with van der Waals surface area (Å²) in [5.41, 5.74) is 3.70. The van der Waals surface area contributed by atoms with Crippen molar-refractivity contribution in [1.82, 2.24) is 15.0 Å². The van der Waals surface area contributed by atoms with Gasteiger partial charge in [-0.3, -0.25) is 14.6 Å². The maximum absolute atomic E-state index is 13.2. The van der Waals surface area contributed by atoms with Gasteiger partial charge < -0.3 is 10.2 Å². The van der Waals surface area contributed by atoms with E-state index in [1.54, 1.807) is 23.2 Å². The summed E-state index contributed by atoms with van der Waals surface area (Å²) in [5.74, 6) is -0.199. The molecule has 4 rings (SSSR count). The highest BCUT2D eigenvalue weighted by atomic mass is 32.1. The minimum Gasteiger partial charge on any atom is -0.326 e. The van der Waals surface area contributed by atoms with Crippen LogP contribution < -0.4 is 10.2 Å². The molecular formula is C24H23N5O2S2. The molecule has 9 heteroatoms. The third kappa shape index (κ3) is 6.30. The molecule has 0 bridgehead atoms. The van der Waals surface area contributed by atoms with Crippen molar-refractivity contribution in [3.05, 3.63) is 86.5 Å². The maximum Gasteiger partial charge on any atom is 0.233 e. The first-order chi connectivity index (χ1) is 16.0. The molecule has 33 heavy (non-hydrogen) atoms. The molecule has 0 spiro atoms. The van der Waals surface area contributed by atoms with Crippen LogP contribution >= 0.6 is 22.7 Å². The van der Waals surface area contributed by atoms with Gasteiger partial charge in [-0.25, -0.2) is 9.97 Å². The first-order valence-corrected chi connectivity index (χ1v) is 12.1. The van der Waals surface area contributed by atoms with E-state index in [9.17, 15) is 9.59 Å². The number of carbonyl (C=O) groups excluding carboxylic acids is 2. The molecule has 0 saturated carbocycles. The van der Waals surface area contributed by atoms with Gasteiger partial charge in [-0.2, -0.15) is 0 Å². The zero-order valence-corrected chi connectivity index (χ0v) is 19.9. The number of aromatic nitrogens is 3. The minimum atomic E-state index is -0.131. The van der Waals surface area contributed by atoms with E-state index in [-0.39, 0.29) is 24.7 Å². The number of hydrogen-bond acceptors (Lipinski definition) is 7. The maximum atomic E-state index is 13.2. The van der Waals surface area contributed by atoms with Crippen LogP contribution in [-0.4, -0.2) is 26.8 Å². The SMILES string of the molecule is Cc1nc(CC(=O)Nc2ccc(N(Cc3ccccn3)C(=O)Cc3csc(C)n3)cc2)cs1. The monoisotopic (exact) mass is 477 g/mol. The number of nitrogens with zero attached hydrogens (tertiary/aromatic N) is 4. The van der Waals surface area contributed by atoms with E-state index in [4.69, 9.17) is 0 Å². The van der Waals surface area contributed by atoms with E-state index in [2.05, 4.69) is 20.3 Å². The summed E-state index contributed by atoms with van der Waals surface area (Å²) in [7, 11) is 0. The number of carbonyl (C=O) groups is 2. The van der Waals surface area contributed by atoms with E-state index in [1.807, 2.05) is 54.9 Å². The second-order valence-corrected chi connectivity index (χ2v) is 9.59. The zero-order valence-electron chi connectivity index (χ0n) is 18.3. The number of hydrogen-bond donors (Lipinski definition) is 1. The Morgan fingerprint density at radius 2 is 1.55 bits per heavy atom. The fourth-order valence-electron chi connectivity index (χ4n) is 3.30. The topological polar surface area (TPSA) is 88.1 Å². The summed E-state index contributed by atoms with van der Waals surface area (Å²) in [4.78, 5) is 40.3. The van der Waals surface area contributed by atoms with Crippen LogP contribution in [-0.2, 0) is 29.0 Å². The third-order valence-electron chi connectivity index (χ3n) is 4.82. The Balaban J connectivity index is 1.48. The Bertz CT molecular complexity index is 1240. The normalized spacial score (nSPS) is 10.7. The average molecular weight is 478 g/mol. The second-order valence-electron chi connectivity index (χ2n) is 7.47. The van der Waals surface area contributed by atoms with Crippen molar-refractivity contribution in [1.29, 1.82) is 0 Å². The van der Waals surface area contributed by atoms with Gasteiger partial charge in [0.15, 0.2) is 0 Å². The lowest BCUT2D eigenvalue weighted by Gasteiger charge is -2.23. The fraction of sp³-hybridized carbons (Fsp3) is 0.208. The van der Waals surface area contributed by atoms with Gasteiger partial charge in [-0.1, -0.05) is 6.07 Å². The van der Waals surface area contributed by atoms with Crippen LogP contribution in [0.2, 0.25) is 0 Å². The molecule has 0 unspecified atom stereocenters. The van der Waals surface area contributed by atoms with Crippen LogP contribution in [0.15, 0.2) is 59.4 Å². The molecule has 0 saturated heterocycles. The highest BCUT2D eigenvalue weighted by Gasteiger charge is 2.19. The molecule has 0 aliphatic carbocycles. The van der Waals surface area contributed by atoms with Crippen LogP contribution in [0, 0.1) is 13.8 Å². The largest absolute Gasteiger partial charge is 0.326 e. The fourth-order valence-corrected chi connectivity index (χ4v) is 4.53. The summed E-state index contributed by atoms with van der Waals surface area (Å²) in [6, 6.07) is 12.9. The second kappa shape index (κ2) is 10.5. The van der Waals surface area contributed by atoms with E-state index in [0.29, 0.717) is 12.2 Å². The van der Waals surface area contributed by atoms with Gasteiger partial charge in [0.25, 0.3) is 0 Å². The molecule has 3 heterocycles. The molecule has 1 aromatic carbocycles. The molecule has 0 fully saturated rings. The van der Waals surface area contributed by atoms with Crippen LogP contribution in [0.3, 0.4) is 0 Å². The first-order valence-electron chi connectivity index (χ1n) is 10.4. The van der Waals surface area contributed by atoms with E-state index >= 15 is 0 Å². The molecule has 168 valence electrons. The molecule has 2 amide bonds. The lowest BCUT2D eigenvalue weighted by atomic mass is 10.2. The smallest absolute Gasteiger partial charge is 0.233 e. The van der Waals surface area contributed by atoms with E-state index < -0.39 is 0 Å². The van der Waals surface area contributed by atoms with Crippen molar-refractivity contribution in [2.24, 2.45) is 0 Å². The number of anilines is 2. The summed E-state index contributed by atoms with van der Waals surface area (Å²) in [6.45, 7) is 4.18. The molecule has 1 N–H and O–H groups in total. The highest BCUT2D eigenvalue weighted by molar-refractivity contribution is 7.09. The zero-order chi connectivity index (χ0) is 23.2. The van der Waals surface area contributed by atoms with Gasteiger partial charge in [0.2, 0.25) is 11.8 Å². The van der Waals surface area contributed by atoms with Crippen molar-refractivity contribution in [3.63, 3.8) is 0 Å². The lowest BCUT2D eigenvalue weighted by molar-refractivity contribution is -0.118. The third-order valence-corrected chi connectivity index (χ3v) is 6.46. The molecule has 0 aliphatic rings. The molecule has 0 aliphatic heterocycles. The number of nitrogens with one attached hydrogen (secondary N) is 1. The van der Waals surface area contributed by atoms with Crippen molar-refractivity contribution in [2.75, 3.05) is 10.2 Å². The van der Waals surface area contributed by atoms with Crippen LogP contribution in [0.5, 0.6) is 0 Å². The summed E-state index contributed by atoms with van der Waals surface area (Å²) in [6.07, 6.45) is 2.15. The standard InChI is InChI=1S/C24H23N5O2S2/c1-16-26-20(14-32-16)11-23(30)28-18-6-8-22(9-7-18)29(13-19-5-3-4-10-25-19)24(31)12-21-15-33-17(2)27-21/h3-10,14-15H,11-13H2,1-2H3,(H,28,30). The van der Waals surface area contributed by atoms with Crippen molar-refractivity contribution >= 4 is 45.9 Å². The van der Waals surface area contributed by atoms with Crippen molar-refractivity contribution in [3.8, 4) is 0 Å². The van der Waals surface area contributed by atoms with Gasteiger partial charge in [0.05, 0.1) is 46.5 Å². The summed E-state index contributed by atoms with van der Waals surface area (Å²) in [5, 5.41) is 8.56. The van der Waals surface area contributed by atoms with Gasteiger partial charge in [0.1, 0.15) is 0 Å². The Morgan fingerprint density at radius 1 is 0.879 bits per heavy atom. The van der Waals surface area contributed by atoms with Gasteiger partial charge in [0, 0.05) is 28.3 Å². The number of benzene rings is 1. The molecule has 7 nitrogen and oxygen atoms in total. The molecular weight excluding hydrogens is 454 g/mol. The van der Waals surface area contributed by atoms with E-state index in [1.165, 1.54) is 22.7 Å². The van der Waals surface area contributed by atoms with Crippen LogP contribution in [0.1, 0.15) is 27.1 Å². The van der Waals surface area contributed by atoms with Gasteiger partial charge in [-0.15, -0.1) is 22.7 Å². The number of thiazole rings is 2. The molecule has 3 aromatic heterocycles. The quantitative estimate of drug-likeness (QED) is 0.402.